The second kappa shape index (κ2) is 11.5. The van der Waals surface area contributed by atoms with Crippen LogP contribution in [0.5, 0.6) is 0 Å². The monoisotopic (exact) mass is 484 g/mol. The number of aromatic nitrogens is 2. The molecule has 6 nitrogen and oxygen atoms in total. The van der Waals surface area contributed by atoms with E-state index in [-0.39, 0.29) is 29.7 Å². The summed E-state index contributed by atoms with van der Waals surface area (Å²) in [6.45, 7) is 1.31. The zero-order chi connectivity index (χ0) is 24.7. The quantitative estimate of drug-likeness (QED) is 0.468. The number of imidazole rings is 1. The summed E-state index contributed by atoms with van der Waals surface area (Å²) in [5.74, 6) is 0.589. The number of hydrogen-bond acceptors (Lipinski definition) is 3. The fourth-order valence-electron chi connectivity index (χ4n) is 5.67. The fourth-order valence-corrected chi connectivity index (χ4v) is 5.67. The molecule has 2 amide bonds. The van der Waals surface area contributed by atoms with Gasteiger partial charge in [-0.3, -0.25) is 9.59 Å². The van der Waals surface area contributed by atoms with E-state index in [1.807, 2.05) is 24.7 Å². The van der Waals surface area contributed by atoms with E-state index in [1.165, 1.54) is 18.4 Å². The first-order valence-electron chi connectivity index (χ1n) is 13.4. The molecule has 188 valence electrons. The Bertz CT molecular complexity index is 1140. The zero-order valence-corrected chi connectivity index (χ0v) is 20.9. The van der Waals surface area contributed by atoms with Crippen molar-refractivity contribution in [1.82, 2.24) is 20.2 Å². The Labute approximate surface area is 213 Å². The van der Waals surface area contributed by atoms with Crippen molar-refractivity contribution in [2.24, 2.45) is 11.8 Å². The van der Waals surface area contributed by atoms with Crippen LogP contribution in [0.2, 0.25) is 0 Å². The summed E-state index contributed by atoms with van der Waals surface area (Å²) in [5.41, 5.74) is 4.63. The average Bonchev–Trinajstić information content (AvgIpc) is 3.63. The van der Waals surface area contributed by atoms with Crippen molar-refractivity contribution in [1.29, 1.82) is 0 Å². The lowest BCUT2D eigenvalue weighted by atomic mass is 9.85. The number of amides is 2. The van der Waals surface area contributed by atoms with E-state index < -0.39 is 0 Å². The van der Waals surface area contributed by atoms with Crippen LogP contribution < -0.4 is 10.6 Å². The summed E-state index contributed by atoms with van der Waals surface area (Å²) in [6, 6.07) is 17.1. The van der Waals surface area contributed by atoms with Crippen LogP contribution >= 0.6 is 0 Å². The first kappa shape index (κ1) is 24.3. The Balaban J connectivity index is 1.13. The maximum Gasteiger partial charge on any atom is 0.223 e. The summed E-state index contributed by atoms with van der Waals surface area (Å²) in [6.07, 6.45) is 13.4. The van der Waals surface area contributed by atoms with Gasteiger partial charge in [0.05, 0.1) is 6.33 Å². The number of carbonyl (C=O) groups is 2. The molecular formula is C30H36N4O2. The molecule has 2 aliphatic carbocycles. The summed E-state index contributed by atoms with van der Waals surface area (Å²) >= 11 is 0. The molecule has 2 aliphatic rings. The molecule has 2 N–H and O–H groups in total. The van der Waals surface area contributed by atoms with Gasteiger partial charge < -0.3 is 15.2 Å². The van der Waals surface area contributed by atoms with Gasteiger partial charge in [0, 0.05) is 43.4 Å². The van der Waals surface area contributed by atoms with Gasteiger partial charge in [0.15, 0.2) is 0 Å². The second-order valence-electron chi connectivity index (χ2n) is 10.3. The highest BCUT2D eigenvalue weighted by molar-refractivity contribution is 5.80. The smallest absolute Gasteiger partial charge is 0.223 e. The van der Waals surface area contributed by atoms with E-state index in [0.29, 0.717) is 6.54 Å². The molecule has 0 radical (unpaired) electrons. The lowest BCUT2D eigenvalue weighted by Gasteiger charge is -2.29. The maximum atomic E-state index is 12.9. The molecule has 5 rings (SSSR count). The van der Waals surface area contributed by atoms with Gasteiger partial charge in [-0.25, -0.2) is 4.98 Å². The van der Waals surface area contributed by atoms with E-state index in [2.05, 4.69) is 56.6 Å². The molecule has 1 heterocycles. The van der Waals surface area contributed by atoms with Gasteiger partial charge in [-0.1, -0.05) is 61.4 Å². The van der Waals surface area contributed by atoms with Gasteiger partial charge in [-0.15, -0.1) is 0 Å². The van der Waals surface area contributed by atoms with E-state index in [0.717, 1.165) is 61.8 Å². The summed E-state index contributed by atoms with van der Waals surface area (Å²) < 4.78 is 2.05. The Hall–Kier alpha value is -3.41. The molecule has 0 atom stereocenters. The highest BCUT2D eigenvalue weighted by Crippen LogP contribution is 2.29. The predicted molar refractivity (Wildman–Crippen MR) is 141 cm³/mol. The predicted octanol–water partition coefficient (Wildman–Crippen LogP) is 5.08. The van der Waals surface area contributed by atoms with Crippen LogP contribution in [0, 0.1) is 11.8 Å². The number of benzene rings is 2. The normalized spacial score (nSPS) is 20.2. The standard InChI is InChI=1S/C30H36N4O2/c35-29(25-13-15-27(16-14-25)33-30(36)24-5-1-2-6-24)32-19-26-7-3-4-8-28(26)23-11-9-22(10-12-23)20-34-18-17-31-21-34/h3-4,7-12,17-18,21,24-25,27H,1-2,5-6,13-16,19-20H2,(H,32,35)(H,33,36). The average molecular weight is 485 g/mol. The van der Waals surface area contributed by atoms with Crippen molar-refractivity contribution in [3.63, 3.8) is 0 Å². The van der Waals surface area contributed by atoms with Gasteiger partial charge in [0.1, 0.15) is 0 Å². The van der Waals surface area contributed by atoms with Crippen LogP contribution in [0.1, 0.15) is 62.5 Å². The van der Waals surface area contributed by atoms with Crippen LogP contribution in [0.3, 0.4) is 0 Å². The molecule has 2 aromatic carbocycles. The van der Waals surface area contributed by atoms with Crippen molar-refractivity contribution >= 4 is 11.8 Å². The van der Waals surface area contributed by atoms with Crippen molar-refractivity contribution in [3.05, 3.63) is 78.4 Å². The number of rotatable bonds is 8. The summed E-state index contributed by atoms with van der Waals surface area (Å²) in [7, 11) is 0. The van der Waals surface area contributed by atoms with Crippen LogP contribution in [-0.2, 0) is 22.7 Å². The molecule has 0 saturated heterocycles. The summed E-state index contributed by atoms with van der Waals surface area (Å²) in [4.78, 5) is 29.5. The Kier molecular flexibility index (Phi) is 7.79. The maximum absolute atomic E-state index is 12.9. The van der Waals surface area contributed by atoms with Gasteiger partial charge >= 0.3 is 0 Å². The lowest BCUT2D eigenvalue weighted by molar-refractivity contribution is -0.126. The van der Waals surface area contributed by atoms with Crippen molar-refractivity contribution in [2.75, 3.05) is 0 Å². The van der Waals surface area contributed by atoms with Crippen molar-refractivity contribution in [2.45, 2.75) is 70.5 Å². The Morgan fingerprint density at radius 2 is 1.58 bits per heavy atom. The minimum atomic E-state index is 0.0271. The minimum absolute atomic E-state index is 0.0271. The third-order valence-electron chi connectivity index (χ3n) is 7.83. The minimum Gasteiger partial charge on any atom is -0.353 e. The van der Waals surface area contributed by atoms with Gasteiger partial charge in [0.25, 0.3) is 0 Å². The van der Waals surface area contributed by atoms with Crippen LogP contribution in [0.25, 0.3) is 11.1 Å². The lowest BCUT2D eigenvalue weighted by Crippen LogP contribution is -2.42. The molecule has 0 aliphatic heterocycles. The molecule has 0 bridgehead atoms. The van der Waals surface area contributed by atoms with Crippen LogP contribution in [0.4, 0.5) is 0 Å². The highest BCUT2D eigenvalue weighted by atomic mass is 16.2. The molecule has 1 aromatic heterocycles. The Morgan fingerprint density at radius 3 is 2.31 bits per heavy atom. The molecule has 2 saturated carbocycles. The largest absolute Gasteiger partial charge is 0.353 e. The summed E-state index contributed by atoms with van der Waals surface area (Å²) in [5, 5.41) is 6.43. The zero-order valence-electron chi connectivity index (χ0n) is 20.9. The molecule has 0 spiro atoms. The van der Waals surface area contributed by atoms with E-state index in [1.54, 1.807) is 6.20 Å². The number of carbonyl (C=O) groups excluding carboxylic acids is 2. The molecular weight excluding hydrogens is 448 g/mol. The van der Waals surface area contributed by atoms with Crippen molar-refractivity contribution in [3.8, 4) is 11.1 Å². The van der Waals surface area contributed by atoms with Gasteiger partial charge in [0.2, 0.25) is 11.8 Å². The van der Waals surface area contributed by atoms with Crippen LogP contribution in [0.15, 0.2) is 67.3 Å². The number of hydrogen-bond donors (Lipinski definition) is 2. The second-order valence-corrected chi connectivity index (χ2v) is 10.3. The van der Waals surface area contributed by atoms with E-state index in [4.69, 9.17) is 0 Å². The molecule has 36 heavy (non-hydrogen) atoms. The topological polar surface area (TPSA) is 76.0 Å². The molecule has 2 fully saturated rings. The van der Waals surface area contributed by atoms with Gasteiger partial charge in [-0.2, -0.15) is 0 Å². The first-order chi connectivity index (χ1) is 17.7. The SMILES string of the molecule is O=C(NCc1ccccc1-c1ccc(Cn2ccnc2)cc1)C1CCC(NC(=O)C2CCCC2)CC1. The van der Waals surface area contributed by atoms with Crippen LogP contribution in [-0.4, -0.2) is 27.4 Å². The number of nitrogens with zero attached hydrogens (tertiary/aromatic N) is 2. The van der Waals surface area contributed by atoms with E-state index in [9.17, 15) is 9.59 Å². The number of nitrogens with one attached hydrogen (secondary N) is 2. The Morgan fingerprint density at radius 1 is 0.861 bits per heavy atom. The third kappa shape index (κ3) is 6.04. The van der Waals surface area contributed by atoms with Crippen molar-refractivity contribution < 1.29 is 9.59 Å². The first-order valence-corrected chi connectivity index (χ1v) is 13.4. The molecule has 3 aromatic rings. The third-order valence-corrected chi connectivity index (χ3v) is 7.83. The molecule has 6 heteroatoms. The van der Waals surface area contributed by atoms with E-state index >= 15 is 0 Å². The van der Waals surface area contributed by atoms with Gasteiger partial charge in [-0.05, 0) is 60.8 Å². The highest BCUT2D eigenvalue weighted by Gasteiger charge is 2.29. The fraction of sp³-hybridized carbons (Fsp3) is 0.433. The molecule has 0 unspecified atom stereocenters.